The van der Waals surface area contributed by atoms with E-state index in [0.29, 0.717) is 22.3 Å². The molecular weight excluding hydrogens is 397 g/mol. The van der Waals surface area contributed by atoms with Gasteiger partial charge in [-0.2, -0.15) is 0 Å². The number of nitrogens with two attached hydrogens (primary N) is 1. The number of anilines is 1. The van der Waals surface area contributed by atoms with Crippen molar-refractivity contribution in [1.82, 2.24) is 19.5 Å². The van der Waals surface area contributed by atoms with Gasteiger partial charge in [0.15, 0.2) is 27.9 Å². The average molecular weight is 418 g/mol. The fourth-order valence-corrected chi connectivity index (χ4v) is 4.28. The van der Waals surface area contributed by atoms with Gasteiger partial charge in [-0.25, -0.2) is 15.0 Å². The number of aromatic nitrogens is 4. The van der Waals surface area contributed by atoms with Crippen LogP contribution >= 0.6 is 22.8 Å². The summed E-state index contributed by atoms with van der Waals surface area (Å²) in [5.74, 6) is 0.243. The zero-order chi connectivity index (χ0) is 17.6. The molecule has 0 bridgehead atoms. The number of nitrogens with zero attached hydrogens (tertiary/aromatic N) is 4. The Morgan fingerprint density at radius 1 is 1.38 bits per heavy atom. The van der Waals surface area contributed by atoms with Gasteiger partial charge in [-0.05, 0) is 41.8 Å². The smallest absolute Gasteiger partial charge is 0.181 e. The molecule has 10 heteroatoms. The van der Waals surface area contributed by atoms with E-state index in [2.05, 4.69) is 50.5 Å². The number of ether oxygens (including phenoxy) is 1. The van der Waals surface area contributed by atoms with E-state index in [1.54, 1.807) is 4.57 Å². The number of nitrogen functional groups attached to an aromatic ring is 1. The van der Waals surface area contributed by atoms with Gasteiger partial charge in [-0.3, -0.25) is 4.57 Å². The summed E-state index contributed by atoms with van der Waals surface area (Å²) >= 11 is 3.34. The Hall–Kier alpha value is -0.990. The summed E-state index contributed by atoms with van der Waals surface area (Å²) in [4.78, 5) is 12.4. The highest BCUT2D eigenvalue weighted by atomic mass is 79.9. The van der Waals surface area contributed by atoms with Gasteiger partial charge in [0.25, 0.3) is 0 Å². The number of aliphatic hydroxyl groups is 2. The lowest BCUT2D eigenvalue weighted by molar-refractivity contribution is -0.0366. The van der Waals surface area contributed by atoms with Crippen LogP contribution in [0.1, 0.15) is 12.6 Å². The zero-order valence-corrected chi connectivity index (χ0v) is 16.0. The monoisotopic (exact) mass is 417 g/mol. The molecule has 2 aromatic rings. The van der Waals surface area contributed by atoms with Crippen LogP contribution < -0.4 is 5.73 Å². The lowest BCUT2D eigenvalue weighted by Crippen LogP contribution is -2.32. The Kier molecular flexibility index (Phi) is 4.74. The second kappa shape index (κ2) is 6.38. The summed E-state index contributed by atoms with van der Waals surface area (Å²) < 4.78 is 7.93. The quantitative estimate of drug-likeness (QED) is 0.498. The highest BCUT2D eigenvalue weighted by Crippen LogP contribution is 2.40. The van der Waals surface area contributed by atoms with Gasteiger partial charge in [-0.1, -0.05) is 0 Å². The lowest BCUT2D eigenvalue weighted by Gasteiger charge is -2.19. The van der Waals surface area contributed by atoms with Crippen molar-refractivity contribution in [3.05, 3.63) is 11.1 Å². The third-order valence-electron chi connectivity index (χ3n) is 4.07. The van der Waals surface area contributed by atoms with Gasteiger partial charge < -0.3 is 20.7 Å². The Morgan fingerprint density at radius 2 is 2.08 bits per heavy atom. The van der Waals surface area contributed by atoms with Crippen LogP contribution in [0.25, 0.3) is 11.2 Å². The minimum absolute atomic E-state index is 0.243. The molecule has 3 rings (SSSR count). The molecule has 0 spiro atoms. The van der Waals surface area contributed by atoms with Gasteiger partial charge in [0.2, 0.25) is 0 Å². The molecule has 4 atom stereocenters. The van der Waals surface area contributed by atoms with E-state index in [-0.39, 0.29) is 5.82 Å². The van der Waals surface area contributed by atoms with E-state index in [1.165, 1.54) is 6.33 Å². The van der Waals surface area contributed by atoms with Gasteiger partial charge in [0.1, 0.15) is 18.5 Å². The summed E-state index contributed by atoms with van der Waals surface area (Å²) in [6.07, 6.45) is 3.67. The Balaban J connectivity index is 1.92. The van der Waals surface area contributed by atoms with E-state index in [0.717, 1.165) is 6.16 Å². The molecular formula is C14H21BrN5O3P. The minimum atomic E-state index is -1.24. The first-order valence-corrected chi connectivity index (χ1v) is 11.4. The fraction of sp³-hybridized carbons (Fsp3) is 0.571. The zero-order valence-electron chi connectivity index (χ0n) is 13.5. The summed E-state index contributed by atoms with van der Waals surface area (Å²) in [5.41, 5.74) is 6.68. The SMILES string of the molecule is C=P(C)(C)CC[C@H]1O[C@@H](n2c(Br)nc3c(N)ncnc32)[C@H](O)[C@@H]1O. The molecule has 0 aromatic carbocycles. The third kappa shape index (κ3) is 3.23. The fourth-order valence-electron chi connectivity index (χ4n) is 2.78. The van der Waals surface area contributed by atoms with E-state index >= 15 is 0 Å². The topological polar surface area (TPSA) is 119 Å². The number of hydrogen-bond acceptors (Lipinski definition) is 7. The van der Waals surface area contributed by atoms with Crippen molar-refractivity contribution < 1.29 is 14.9 Å². The van der Waals surface area contributed by atoms with Crippen molar-refractivity contribution in [2.75, 3.05) is 25.2 Å². The second-order valence-corrected chi connectivity index (χ2v) is 11.7. The molecule has 1 aliphatic rings. The van der Waals surface area contributed by atoms with Gasteiger partial charge in [0, 0.05) is 0 Å². The molecule has 24 heavy (non-hydrogen) atoms. The highest BCUT2D eigenvalue weighted by molar-refractivity contribution is 9.10. The predicted molar refractivity (Wildman–Crippen MR) is 98.7 cm³/mol. The Labute approximate surface area is 148 Å². The molecule has 1 saturated heterocycles. The third-order valence-corrected chi connectivity index (χ3v) is 6.10. The number of hydrogen-bond donors (Lipinski definition) is 3. The minimum Gasteiger partial charge on any atom is -0.388 e. The normalized spacial score (nSPS) is 27.9. The van der Waals surface area contributed by atoms with Crippen LogP contribution in [-0.2, 0) is 4.74 Å². The standard InChI is InChI=1S/C14H21BrN5O3P/c1-24(2,3)5-4-7-9(21)10(22)13(23-7)20-12-8(19-14(20)15)11(16)17-6-18-12/h6-7,9-10,13,21-22H,1,4-5H2,2-3H3,(H2,16,17,18)/t7-,9-,10-,13-/m1/s1. The maximum absolute atomic E-state index is 10.5. The Morgan fingerprint density at radius 3 is 2.75 bits per heavy atom. The van der Waals surface area contributed by atoms with Crippen LogP contribution in [-0.4, -0.2) is 73.8 Å². The molecule has 1 fully saturated rings. The molecule has 4 N–H and O–H groups in total. The first-order chi connectivity index (χ1) is 11.2. The molecule has 0 unspecified atom stereocenters. The molecule has 2 aromatic heterocycles. The molecule has 0 amide bonds. The van der Waals surface area contributed by atoms with Crippen LogP contribution in [0.15, 0.2) is 11.1 Å². The molecule has 132 valence electrons. The van der Waals surface area contributed by atoms with Crippen molar-refractivity contribution >= 4 is 46.1 Å². The number of imidazole rings is 1. The first-order valence-electron chi connectivity index (χ1n) is 7.52. The van der Waals surface area contributed by atoms with Crippen LogP contribution in [0, 0.1) is 0 Å². The van der Waals surface area contributed by atoms with Gasteiger partial charge >= 0.3 is 0 Å². The van der Waals surface area contributed by atoms with Crippen molar-refractivity contribution in [3.63, 3.8) is 0 Å². The summed E-state index contributed by atoms with van der Waals surface area (Å²) in [7, 11) is 0. The summed E-state index contributed by atoms with van der Waals surface area (Å²) in [6.45, 7) is 3.02. The molecule has 0 aliphatic carbocycles. The highest BCUT2D eigenvalue weighted by Gasteiger charge is 2.44. The molecule has 1 aliphatic heterocycles. The summed E-state index contributed by atoms with van der Waals surface area (Å²) in [6, 6.07) is 0. The first kappa shape index (κ1) is 17.8. The second-order valence-electron chi connectivity index (χ2n) is 6.68. The number of halogens is 1. The molecule has 0 radical (unpaired) electrons. The van der Waals surface area contributed by atoms with Gasteiger partial charge in [-0.15, -0.1) is 13.2 Å². The summed E-state index contributed by atoms with van der Waals surface area (Å²) in [5, 5.41) is 20.8. The van der Waals surface area contributed by atoms with Gasteiger partial charge in [0.05, 0.1) is 6.10 Å². The van der Waals surface area contributed by atoms with Crippen LogP contribution in [0.4, 0.5) is 5.82 Å². The van der Waals surface area contributed by atoms with Crippen LogP contribution in [0.3, 0.4) is 0 Å². The molecule has 8 nitrogen and oxygen atoms in total. The van der Waals surface area contributed by atoms with E-state index in [1.807, 2.05) is 0 Å². The van der Waals surface area contributed by atoms with Crippen LogP contribution in [0.5, 0.6) is 0 Å². The number of fused-ring (bicyclic) bond motifs is 1. The van der Waals surface area contributed by atoms with Crippen molar-refractivity contribution in [3.8, 4) is 0 Å². The number of rotatable bonds is 4. The average Bonchev–Trinajstić information content (AvgIpc) is 2.96. The number of aliphatic hydroxyl groups excluding tert-OH is 2. The maximum Gasteiger partial charge on any atom is 0.181 e. The molecule has 0 saturated carbocycles. The largest absolute Gasteiger partial charge is 0.388 e. The van der Waals surface area contributed by atoms with Crippen LogP contribution in [0.2, 0.25) is 0 Å². The van der Waals surface area contributed by atoms with E-state index < -0.39 is 31.4 Å². The van der Waals surface area contributed by atoms with E-state index in [9.17, 15) is 10.2 Å². The predicted octanol–water partition coefficient (Wildman–Crippen LogP) is 0.889. The maximum atomic E-state index is 10.5. The molecule has 3 heterocycles. The van der Waals surface area contributed by atoms with Crippen molar-refractivity contribution in [2.45, 2.75) is 31.0 Å². The lowest BCUT2D eigenvalue weighted by atomic mass is 10.1. The van der Waals surface area contributed by atoms with Crippen molar-refractivity contribution in [2.24, 2.45) is 0 Å². The van der Waals surface area contributed by atoms with E-state index in [4.69, 9.17) is 10.5 Å². The Bertz CT molecular complexity index is 807. The van der Waals surface area contributed by atoms with Crippen molar-refractivity contribution in [1.29, 1.82) is 0 Å².